The van der Waals surface area contributed by atoms with Crippen LogP contribution in [0, 0.1) is 0 Å². The fourth-order valence-corrected chi connectivity index (χ4v) is 1.79. The Morgan fingerprint density at radius 3 is 2.42 bits per heavy atom. The molecule has 0 aliphatic carbocycles. The molecule has 1 aliphatic heterocycles. The van der Waals surface area contributed by atoms with Gasteiger partial charge in [0.2, 0.25) is 0 Å². The summed E-state index contributed by atoms with van der Waals surface area (Å²) >= 11 is 0. The van der Waals surface area contributed by atoms with Crippen LogP contribution in [0.3, 0.4) is 0 Å². The molecule has 0 aromatic heterocycles. The fourth-order valence-electron chi connectivity index (χ4n) is 1.79. The van der Waals surface area contributed by atoms with Crippen LogP contribution in [0.5, 0.6) is 0 Å². The summed E-state index contributed by atoms with van der Waals surface area (Å²) < 4.78 is 5.22. The summed E-state index contributed by atoms with van der Waals surface area (Å²) in [5.41, 5.74) is -0.567. The summed E-state index contributed by atoms with van der Waals surface area (Å²) in [7, 11) is 0. The van der Waals surface area contributed by atoms with Gasteiger partial charge in [0.1, 0.15) is 11.8 Å². The molecule has 110 valence electrons. The maximum absolute atomic E-state index is 11.8. The van der Waals surface area contributed by atoms with Crippen LogP contribution in [0.1, 0.15) is 27.2 Å². The van der Waals surface area contributed by atoms with Gasteiger partial charge in [0.05, 0.1) is 13.0 Å². The highest BCUT2D eigenvalue weighted by atomic mass is 16.6. The molecule has 1 atom stereocenters. The normalized spacial score (nSPS) is 21.3. The zero-order valence-electron chi connectivity index (χ0n) is 11.6. The van der Waals surface area contributed by atoms with E-state index in [4.69, 9.17) is 9.84 Å². The number of rotatable bonds is 3. The third-order valence-electron chi connectivity index (χ3n) is 2.73. The van der Waals surface area contributed by atoms with Crippen LogP contribution < -0.4 is 0 Å². The van der Waals surface area contributed by atoms with Gasteiger partial charge in [-0.05, 0) is 20.8 Å². The van der Waals surface area contributed by atoms with Gasteiger partial charge in [0.25, 0.3) is 0 Å². The lowest BCUT2D eigenvalue weighted by Gasteiger charge is -2.38. The Morgan fingerprint density at radius 2 is 1.95 bits per heavy atom. The highest BCUT2D eigenvalue weighted by Crippen LogP contribution is 2.14. The number of aliphatic hydroxyl groups excluding tert-OH is 1. The van der Waals surface area contributed by atoms with E-state index in [0.717, 1.165) is 0 Å². The molecule has 0 saturated carbocycles. The molecule has 0 aromatic carbocycles. The molecule has 2 N–H and O–H groups in total. The van der Waals surface area contributed by atoms with Crippen LogP contribution in [0.2, 0.25) is 0 Å². The van der Waals surface area contributed by atoms with E-state index in [-0.39, 0.29) is 19.5 Å². The first-order chi connectivity index (χ1) is 8.69. The van der Waals surface area contributed by atoms with Gasteiger partial charge < -0.3 is 19.8 Å². The van der Waals surface area contributed by atoms with Crippen LogP contribution in [0.15, 0.2) is 0 Å². The maximum Gasteiger partial charge on any atom is 0.410 e. The first-order valence-corrected chi connectivity index (χ1v) is 6.31. The molecule has 1 aliphatic rings. The largest absolute Gasteiger partial charge is 0.481 e. The number of nitrogens with zero attached hydrogens (tertiary/aromatic N) is 2. The summed E-state index contributed by atoms with van der Waals surface area (Å²) in [6, 6.07) is 0. The number of carbonyl (C=O) groups is 2. The van der Waals surface area contributed by atoms with Crippen molar-refractivity contribution in [2.75, 3.05) is 26.2 Å². The molecule has 0 aromatic rings. The average molecular weight is 274 g/mol. The summed E-state index contributed by atoms with van der Waals surface area (Å²) in [5.74, 6) is -0.901. The molecule has 0 radical (unpaired) electrons. The zero-order valence-corrected chi connectivity index (χ0v) is 11.6. The van der Waals surface area contributed by atoms with Crippen molar-refractivity contribution in [3.05, 3.63) is 0 Å². The lowest BCUT2D eigenvalue weighted by molar-refractivity contribution is -0.138. The second-order valence-corrected chi connectivity index (χ2v) is 5.59. The van der Waals surface area contributed by atoms with Gasteiger partial charge in [-0.3, -0.25) is 9.69 Å². The molecule has 19 heavy (non-hydrogen) atoms. The monoisotopic (exact) mass is 274 g/mol. The van der Waals surface area contributed by atoms with Gasteiger partial charge in [-0.1, -0.05) is 0 Å². The molecular formula is C12H22N2O5. The smallest absolute Gasteiger partial charge is 0.410 e. The van der Waals surface area contributed by atoms with Gasteiger partial charge in [-0.25, -0.2) is 4.79 Å². The molecule has 0 bridgehead atoms. The molecule has 7 heteroatoms. The zero-order chi connectivity index (χ0) is 14.6. The number of ether oxygens (including phenoxy) is 1. The Kier molecular flexibility index (Phi) is 5.13. The number of aliphatic carboxylic acids is 1. The molecule has 0 spiro atoms. The van der Waals surface area contributed by atoms with Crippen LogP contribution in [0.4, 0.5) is 4.79 Å². The van der Waals surface area contributed by atoms with Crippen molar-refractivity contribution in [1.29, 1.82) is 0 Å². The number of carbonyl (C=O) groups excluding carboxylic acids is 1. The number of hydrogen-bond acceptors (Lipinski definition) is 5. The van der Waals surface area contributed by atoms with Crippen molar-refractivity contribution >= 4 is 12.1 Å². The quantitative estimate of drug-likeness (QED) is 0.771. The topological polar surface area (TPSA) is 90.3 Å². The van der Waals surface area contributed by atoms with Gasteiger partial charge in [0.15, 0.2) is 0 Å². The second kappa shape index (κ2) is 6.21. The molecule has 1 amide bonds. The second-order valence-electron chi connectivity index (χ2n) is 5.59. The Balaban J connectivity index is 2.44. The average Bonchev–Trinajstić information content (AvgIpc) is 2.24. The Bertz CT molecular complexity index is 340. The van der Waals surface area contributed by atoms with Crippen molar-refractivity contribution in [2.45, 2.75) is 39.0 Å². The maximum atomic E-state index is 11.8. The minimum atomic E-state index is -0.901. The Morgan fingerprint density at radius 1 is 1.32 bits per heavy atom. The molecule has 1 fully saturated rings. The van der Waals surface area contributed by atoms with Gasteiger partial charge in [-0.2, -0.15) is 0 Å². The van der Waals surface area contributed by atoms with Crippen LogP contribution in [-0.2, 0) is 9.53 Å². The van der Waals surface area contributed by atoms with Gasteiger partial charge in [0, 0.05) is 19.6 Å². The van der Waals surface area contributed by atoms with Crippen LogP contribution >= 0.6 is 0 Å². The van der Waals surface area contributed by atoms with Crippen molar-refractivity contribution in [3.63, 3.8) is 0 Å². The predicted octanol–water partition coefficient (Wildman–Crippen LogP) is 0.332. The standard InChI is InChI=1S/C12H22N2O5/c1-12(2,3)19-11(18)14-7-6-13(9(15)8-14)5-4-10(16)17/h9,15H,4-8H2,1-3H3,(H,16,17). The van der Waals surface area contributed by atoms with Crippen molar-refractivity contribution < 1.29 is 24.5 Å². The van der Waals surface area contributed by atoms with Gasteiger partial charge >= 0.3 is 12.1 Å². The van der Waals surface area contributed by atoms with Crippen molar-refractivity contribution in [1.82, 2.24) is 9.80 Å². The summed E-state index contributed by atoms with van der Waals surface area (Å²) in [6.07, 6.45) is -1.33. The Hall–Kier alpha value is -1.34. The van der Waals surface area contributed by atoms with E-state index in [1.807, 2.05) is 0 Å². The molecule has 7 nitrogen and oxygen atoms in total. The van der Waals surface area contributed by atoms with E-state index in [1.165, 1.54) is 4.90 Å². The summed E-state index contributed by atoms with van der Waals surface area (Å²) in [4.78, 5) is 25.4. The van der Waals surface area contributed by atoms with E-state index < -0.39 is 23.9 Å². The fraction of sp³-hybridized carbons (Fsp3) is 0.833. The highest BCUT2D eigenvalue weighted by molar-refractivity contribution is 5.68. The molecule has 1 heterocycles. The summed E-state index contributed by atoms with van der Waals surface area (Å²) in [5, 5.41) is 18.5. The number of piperazine rings is 1. The predicted molar refractivity (Wildman–Crippen MR) is 67.6 cm³/mol. The van der Waals surface area contributed by atoms with Crippen molar-refractivity contribution in [2.24, 2.45) is 0 Å². The third-order valence-corrected chi connectivity index (χ3v) is 2.73. The number of aliphatic hydroxyl groups is 1. The first kappa shape index (κ1) is 15.7. The van der Waals surface area contributed by atoms with Crippen molar-refractivity contribution in [3.8, 4) is 0 Å². The molecule has 1 saturated heterocycles. The number of amides is 1. The number of β-amino-alcohol motifs (C(OH)–C–C–N with tert-alkyl or cyclic N) is 1. The van der Waals surface area contributed by atoms with Crippen LogP contribution in [0.25, 0.3) is 0 Å². The lowest BCUT2D eigenvalue weighted by Crippen LogP contribution is -2.55. The van der Waals surface area contributed by atoms with E-state index in [2.05, 4.69) is 0 Å². The van der Waals surface area contributed by atoms with Crippen LogP contribution in [-0.4, -0.2) is 70.1 Å². The third kappa shape index (κ3) is 5.44. The summed E-state index contributed by atoms with van der Waals surface area (Å²) in [6.45, 7) is 6.62. The van der Waals surface area contributed by atoms with E-state index >= 15 is 0 Å². The number of hydrogen-bond donors (Lipinski definition) is 2. The Labute approximate surface area is 112 Å². The SMILES string of the molecule is CC(C)(C)OC(=O)N1CCN(CCC(=O)O)C(O)C1. The molecule has 1 unspecified atom stereocenters. The lowest BCUT2D eigenvalue weighted by atomic mass is 10.2. The molecule has 1 rings (SSSR count). The van der Waals surface area contributed by atoms with Gasteiger partial charge in [-0.15, -0.1) is 0 Å². The number of carboxylic acids is 1. The van der Waals surface area contributed by atoms with E-state index in [9.17, 15) is 14.7 Å². The molecular weight excluding hydrogens is 252 g/mol. The van der Waals surface area contributed by atoms with E-state index in [1.54, 1.807) is 25.7 Å². The van der Waals surface area contributed by atoms with E-state index in [0.29, 0.717) is 13.1 Å². The first-order valence-electron chi connectivity index (χ1n) is 6.31. The number of carboxylic acid groups (broad SMARTS) is 1. The minimum absolute atomic E-state index is 0.0243. The minimum Gasteiger partial charge on any atom is -0.481 e. The highest BCUT2D eigenvalue weighted by Gasteiger charge is 2.30.